The van der Waals surface area contributed by atoms with Crippen LogP contribution in [-0.4, -0.2) is 75.5 Å². The van der Waals surface area contributed by atoms with Gasteiger partial charge >= 0.3 is 6.09 Å². The van der Waals surface area contributed by atoms with Crippen LogP contribution in [0.3, 0.4) is 0 Å². The quantitative estimate of drug-likeness (QED) is 0.237. The molecular weight excluding hydrogens is 582 g/mol. The van der Waals surface area contributed by atoms with Crippen LogP contribution >= 0.6 is 0 Å². The molecule has 2 bridgehead atoms. The standard InChI is InChI=1S/C35H39N7O4/c1-41-15-3-5-26(41)33-36-17-24(39-33)21-9-7-20(8-10-21)22-11-12-23(32-29-14-13-28(46-29)31(22)32)25-18-37-34(40-25)27-6-4-16-42(27)30(43)19-38-35(44)45-2/h7-12,17-18,26-29H,3-6,13-16,19H2,1-2H3,(H,36,39)(H,37,40)(H,38,44). The molecule has 2 aromatic carbocycles. The Morgan fingerprint density at radius 1 is 0.848 bits per heavy atom. The summed E-state index contributed by atoms with van der Waals surface area (Å²) in [5, 5.41) is 2.50. The Kier molecular flexibility index (Phi) is 7.37. The number of nitrogens with one attached hydrogen (secondary N) is 3. The zero-order valence-electron chi connectivity index (χ0n) is 26.2. The summed E-state index contributed by atoms with van der Waals surface area (Å²) in [6, 6.07) is 13.4. The highest BCUT2D eigenvalue weighted by Crippen LogP contribution is 2.56. The fourth-order valence-electron chi connectivity index (χ4n) is 7.93. The lowest BCUT2D eigenvalue weighted by atomic mass is 9.82. The third-order valence-electron chi connectivity index (χ3n) is 10.2. The highest BCUT2D eigenvalue weighted by Gasteiger charge is 2.42. The van der Waals surface area contributed by atoms with Gasteiger partial charge in [0.2, 0.25) is 5.91 Å². The monoisotopic (exact) mass is 621 g/mol. The van der Waals surface area contributed by atoms with E-state index < -0.39 is 6.09 Å². The summed E-state index contributed by atoms with van der Waals surface area (Å²) in [4.78, 5) is 45.1. The number of hydrogen-bond acceptors (Lipinski definition) is 7. The van der Waals surface area contributed by atoms with Gasteiger partial charge in [-0.1, -0.05) is 36.4 Å². The predicted molar refractivity (Wildman–Crippen MR) is 172 cm³/mol. The van der Waals surface area contributed by atoms with Crippen molar-refractivity contribution >= 4 is 12.0 Å². The normalized spacial score (nSPS) is 23.7. The van der Waals surface area contributed by atoms with Gasteiger partial charge in [-0.3, -0.25) is 9.69 Å². The highest BCUT2D eigenvalue weighted by atomic mass is 16.5. The molecule has 11 heteroatoms. The van der Waals surface area contributed by atoms with Gasteiger partial charge in [0.25, 0.3) is 0 Å². The number of rotatable bonds is 7. The average Bonchev–Trinajstić information content (AvgIpc) is 3.93. The Hall–Kier alpha value is -4.48. The first-order valence-corrected chi connectivity index (χ1v) is 16.3. The molecule has 4 aliphatic rings. The van der Waals surface area contributed by atoms with Crippen molar-refractivity contribution in [2.75, 3.05) is 33.8 Å². The van der Waals surface area contributed by atoms with Crippen LogP contribution < -0.4 is 5.32 Å². The largest absolute Gasteiger partial charge is 0.453 e. The van der Waals surface area contributed by atoms with Crippen molar-refractivity contribution in [3.8, 4) is 33.6 Å². The van der Waals surface area contributed by atoms with Crippen LogP contribution in [-0.2, 0) is 14.3 Å². The van der Waals surface area contributed by atoms with E-state index in [0.717, 1.165) is 72.8 Å². The third-order valence-corrected chi connectivity index (χ3v) is 10.2. The van der Waals surface area contributed by atoms with Gasteiger partial charge in [-0.15, -0.1) is 0 Å². The van der Waals surface area contributed by atoms with Gasteiger partial charge in [-0.05, 0) is 79.9 Å². The second-order valence-corrected chi connectivity index (χ2v) is 12.8. The number of fused-ring (bicyclic) bond motifs is 5. The highest BCUT2D eigenvalue weighted by molar-refractivity contribution is 5.83. The van der Waals surface area contributed by atoms with E-state index in [0.29, 0.717) is 12.6 Å². The maximum Gasteiger partial charge on any atom is 0.407 e. The zero-order valence-corrected chi connectivity index (χ0v) is 26.2. The summed E-state index contributed by atoms with van der Waals surface area (Å²) in [6.45, 7) is 1.64. The molecule has 2 aromatic heterocycles. The first kappa shape index (κ1) is 29.0. The van der Waals surface area contributed by atoms with Gasteiger partial charge < -0.3 is 29.7 Å². The molecule has 4 aliphatic heterocycles. The minimum Gasteiger partial charge on any atom is -0.453 e. The van der Waals surface area contributed by atoms with Gasteiger partial charge in [-0.25, -0.2) is 14.8 Å². The first-order valence-electron chi connectivity index (χ1n) is 16.3. The Bertz CT molecular complexity index is 1780. The number of aromatic nitrogens is 4. The van der Waals surface area contributed by atoms with E-state index in [1.54, 1.807) is 4.90 Å². The number of alkyl carbamates (subject to hydrolysis) is 1. The summed E-state index contributed by atoms with van der Waals surface area (Å²) in [5.41, 5.74) is 9.10. The fourth-order valence-corrected chi connectivity index (χ4v) is 7.93. The summed E-state index contributed by atoms with van der Waals surface area (Å²) in [5.74, 6) is 1.66. The number of aromatic amines is 2. The number of nitrogens with zero attached hydrogens (tertiary/aromatic N) is 4. The number of methoxy groups -OCH3 is 1. The zero-order chi connectivity index (χ0) is 31.4. The van der Waals surface area contributed by atoms with Gasteiger partial charge in [0.1, 0.15) is 18.2 Å². The Morgan fingerprint density at radius 3 is 2.22 bits per heavy atom. The lowest BCUT2D eigenvalue weighted by Crippen LogP contribution is -2.40. The average molecular weight is 622 g/mol. The van der Waals surface area contributed by atoms with Crippen LogP contribution in [0.2, 0.25) is 0 Å². The van der Waals surface area contributed by atoms with Crippen molar-refractivity contribution in [1.29, 1.82) is 0 Å². The van der Waals surface area contributed by atoms with Crippen LogP contribution in [0.4, 0.5) is 4.79 Å². The number of imidazole rings is 2. The number of ether oxygens (including phenoxy) is 2. The van der Waals surface area contributed by atoms with E-state index in [9.17, 15) is 9.59 Å². The van der Waals surface area contributed by atoms with Crippen molar-refractivity contribution in [2.24, 2.45) is 0 Å². The lowest BCUT2D eigenvalue weighted by molar-refractivity contribution is -0.131. The van der Waals surface area contributed by atoms with Crippen LogP contribution in [0, 0.1) is 0 Å². The van der Waals surface area contributed by atoms with Crippen molar-refractivity contribution in [3.05, 3.63) is 71.6 Å². The molecule has 0 spiro atoms. The number of hydrogen-bond donors (Lipinski definition) is 3. The topological polar surface area (TPSA) is 128 Å². The SMILES string of the molecule is COC(=O)NCC(=O)N1CCCC1c1ncc(-c2ccc(-c3ccc(-c4cnc(C5CCCN5C)[nH]4)cc3)c3c2C2CCC3O2)[nH]1. The fraction of sp³-hybridized carbons (Fsp3) is 0.429. The second kappa shape index (κ2) is 11.7. The van der Waals surface area contributed by atoms with Gasteiger partial charge in [0.05, 0.1) is 55.2 Å². The number of likely N-dealkylation sites (tertiary alicyclic amines) is 2. The first-order chi connectivity index (χ1) is 22.5. The van der Waals surface area contributed by atoms with E-state index >= 15 is 0 Å². The number of benzene rings is 2. The number of carbonyl (C=O) groups is 2. The van der Waals surface area contributed by atoms with Crippen molar-refractivity contribution in [2.45, 2.75) is 62.8 Å². The van der Waals surface area contributed by atoms with E-state index in [1.807, 2.05) is 12.4 Å². The maximum atomic E-state index is 12.9. The Balaban J connectivity index is 1.05. The van der Waals surface area contributed by atoms with Crippen LogP contribution in [0.25, 0.3) is 33.6 Å². The third kappa shape index (κ3) is 4.98. The molecule has 0 radical (unpaired) electrons. The van der Waals surface area contributed by atoms with Crippen molar-refractivity contribution < 1.29 is 19.1 Å². The van der Waals surface area contributed by atoms with Crippen molar-refractivity contribution in [1.82, 2.24) is 35.1 Å². The lowest BCUT2D eigenvalue weighted by Gasteiger charge is -2.23. The summed E-state index contributed by atoms with van der Waals surface area (Å²) in [6.07, 6.45) is 9.43. The maximum absolute atomic E-state index is 12.9. The molecule has 0 saturated carbocycles. The van der Waals surface area contributed by atoms with E-state index in [-0.39, 0.29) is 30.7 Å². The Morgan fingerprint density at radius 2 is 1.48 bits per heavy atom. The second-order valence-electron chi connectivity index (χ2n) is 12.8. The van der Waals surface area contributed by atoms with Gasteiger partial charge in [0, 0.05) is 12.1 Å². The molecule has 46 heavy (non-hydrogen) atoms. The minimum absolute atomic E-state index is 0.0621. The number of amides is 2. The molecule has 3 N–H and O–H groups in total. The molecule has 4 atom stereocenters. The molecule has 6 heterocycles. The van der Waals surface area contributed by atoms with Crippen LogP contribution in [0.1, 0.15) is 85.6 Å². The Labute approximate surface area is 267 Å². The summed E-state index contributed by atoms with van der Waals surface area (Å²) in [7, 11) is 3.45. The van der Waals surface area contributed by atoms with Crippen LogP contribution in [0.15, 0.2) is 48.8 Å². The molecule has 3 saturated heterocycles. The van der Waals surface area contributed by atoms with E-state index in [2.05, 4.69) is 68.4 Å². The molecule has 8 rings (SSSR count). The van der Waals surface area contributed by atoms with Gasteiger partial charge in [-0.2, -0.15) is 0 Å². The predicted octanol–water partition coefficient (Wildman–Crippen LogP) is 5.83. The van der Waals surface area contributed by atoms with Crippen molar-refractivity contribution in [3.63, 3.8) is 0 Å². The molecule has 4 aromatic rings. The smallest absolute Gasteiger partial charge is 0.407 e. The molecule has 2 amide bonds. The molecule has 0 aliphatic carbocycles. The minimum atomic E-state index is -0.617. The molecule has 4 unspecified atom stereocenters. The van der Waals surface area contributed by atoms with Gasteiger partial charge in [0.15, 0.2) is 0 Å². The molecule has 238 valence electrons. The summed E-state index contributed by atoms with van der Waals surface area (Å²) >= 11 is 0. The van der Waals surface area contributed by atoms with Crippen LogP contribution in [0.5, 0.6) is 0 Å². The summed E-state index contributed by atoms with van der Waals surface area (Å²) < 4.78 is 11.1. The van der Waals surface area contributed by atoms with E-state index in [1.165, 1.54) is 35.8 Å². The number of carbonyl (C=O) groups excluding carboxylic acids is 2. The molecule has 3 fully saturated rings. The number of H-pyrrole nitrogens is 2. The molecule has 11 nitrogen and oxygen atoms in total. The molecular formula is C35H39N7O4. The van der Waals surface area contributed by atoms with E-state index in [4.69, 9.17) is 14.7 Å².